The Morgan fingerprint density at radius 2 is 1.88 bits per heavy atom. The van der Waals surface area contributed by atoms with Gasteiger partial charge in [0.05, 0.1) is 17.6 Å². The van der Waals surface area contributed by atoms with Crippen LogP contribution in [0.5, 0.6) is 0 Å². The van der Waals surface area contributed by atoms with Crippen LogP contribution in [0.3, 0.4) is 0 Å². The molecular formula is C20H22N4O2. The van der Waals surface area contributed by atoms with Gasteiger partial charge in [-0.3, -0.25) is 14.3 Å². The number of pyridine rings is 1. The first-order valence-electron chi connectivity index (χ1n) is 8.55. The summed E-state index contributed by atoms with van der Waals surface area (Å²) in [6.07, 6.45) is 1.92. The zero-order valence-corrected chi connectivity index (χ0v) is 15.5. The van der Waals surface area contributed by atoms with Gasteiger partial charge in [-0.15, -0.1) is 0 Å². The quantitative estimate of drug-likeness (QED) is 0.715. The van der Waals surface area contributed by atoms with Gasteiger partial charge in [0.2, 0.25) is 5.91 Å². The Balaban J connectivity index is 1.65. The molecule has 1 N–H and O–H groups in total. The van der Waals surface area contributed by atoms with Gasteiger partial charge in [0, 0.05) is 30.8 Å². The largest absolute Gasteiger partial charge is 0.325 e. The van der Waals surface area contributed by atoms with Gasteiger partial charge in [0.1, 0.15) is 0 Å². The van der Waals surface area contributed by atoms with Crippen LogP contribution in [0.2, 0.25) is 0 Å². The summed E-state index contributed by atoms with van der Waals surface area (Å²) in [7, 11) is 1.83. The molecule has 0 spiro atoms. The number of nitrogens with one attached hydrogen (secondary N) is 1. The number of fused-ring (bicyclic) bond motifs is 1. The molecule has 6 heteroatoms. The number of Topliss-reactive ketones (excluding diaryl/α,β-unsaturated/α-hetero) is 1. The molecule has 2 heterocycles. The number of amides is 1. The standard InChI is InChI=1S/C20H22N4O2/c1-12-5-6-13(2)16(9-12)18(25)7-8-19(26)22-15-10-17-14(3)23-24(4)20(17)21-11-15/h5-6,9-11H,7-8H2,1-4H3,(H,22,26). The van der Waals surface area contributed by atoms with Crippen molar-refractivity contribution in [1.29, 1.82) is 0 Å². The Kier molecular flexibility index (Phi) is 4.84. The van der Waals surface area contributed by atoms with Gasteiger partial charge in [-0.1, -0.05) is 17.7 Å². The average Bonchev–Trinajstić information content (AvgIpc) is 2.89. The van der Waals surface area contributed by atoms with Crippen molar-refractivity contribution in [2.24, 2.45) is 7.05 Å². The van der Waals surface area contributed by atoms with Gasteiger partial charge in [0.15, 0.2) is 11.4 Å². The minimum absolute atomic E-state index is 0.0157. The predicted molar refractivity (Wildman–Crippen MR) is 101 cm³/mol. The van der Waals surface area contributed by atoms with E-state index < -0.39 is 0 Å². The van der Waals surface area contributed by atoms with Gasteiger partial charge in [-0.25, -0.2) is 4.98 Å². The first-order chi connectivity index (χ1) is 12.3. The van der Waals surface area contributed by atoms with E-state index in [0.29, 0.717) is 11.3 Å². The summed E-state index contributed by atoms with van der Waals surface area (Å²) in [5.41, 5.74) is 4.89. The van der Waals surface area contributed by atoms with Crippen molar-refractivity contribution in [3.05, 3.63) is 52.8 Å². The molecule has 26 heavy (non-hydrogen) atoms. The van der Waals surface area contributed by atoms with Crippen molar-refractivity contribution in [1.82, 2.24) is 14.8 Å². The Hall–Kier alpha value is -3.02. The van der Waals surface area contributed by atoms with E-state index in [1.807, 2.05) is 52.1 Å². The molecule has 0 aliphatic carbocycles. The van der Waals surface area contributed by atoms with Gasteiger partial charge in [-0.05, 0) is 38.5 Å². The summed E-state index contributed by atoms with van der Waals surface area (Å²) in [4.78, 5) is 28.9. The highest BCUT2D eigenvalue weighted by Gasteiger charge is 2.13. The maximum absolute atomic E-state index is 12.4. The Labute approximate surface area is 152 Å². The molecule has 134 valence electrons. The normalized spacial score (nSPS) is 10.9. The van der Waals surface area contributed by atoms with Crippen molar-refractivity contribution < 1.29 is 9.59 Å². The van der Waals surface area contributed by atoms with Crippen LogP contribution in [0.15, 0.2) is 30.5 Å². The summed E-state index contributed by atoms with van der Waals surface area (Å²) < 4.78 is 1.71. The van der Waals surface area contributed by atoms with Gasteiger partial charge in [0.25, 0.3) is 0 Å². The Bertz CT molecular complexity index is 1000. The van der Waals surface area contributed by atoms with E-state index >= 15 is 0 Å². The smallest absolute Gasteiger partial charge is 0.224 e. The molecule has 0 bridgehead atoms. The second kappa shape index (κ2) is 7.07. The summed E-state index contributed by atoms with van der Waals surface area (Å²) in [6.45, 7) is 5.76. The van der Waals surface area contributed by atoms with E-state index in [1.54, 1.807) is 10.9 Å². The number of rotatable bonds is 5. The van der Waals surface area contributed by atoms with Crippen molar-refractivity contribution >= 4 is 28.4 Å². The van der Waals surface area contributed by atoms with Crippen molar-refractivity contribution in [3.8, 4) is 0 Å². The molecule has 0 aliphatic rings. The molecule has 0 saturated heterocycles. The summed E-state index contributed by atoms with van der Waals surface area (Å²) in [5, 5.41) is 8.03. The number of nitrogens with zero attached hydrogens (tertiary/aromatic N) is 3. The monoisotopic (exact) mass is 350 g/mol. The van der Waals surface area contributed by atoms with Crippen LogP contribution in [-0.4, -0.2) is 26.5 Å². The fourth-order valence-electron chi connectivity index (χ4n) is 3.00. The zero-order chi connectivity index (χ0) is 18.8. The van der Waals surface area contributed by atoms with Crippen LogP contribution >= 0.6 is 0 Å². The van der Waals surface area contributed by atoms with Gasteiger partial charge < -0.3 is 5.32 Å². The molecule has 0 aliphatic heterocycles. The van der Waals surface area contributed by atoms with Crippen molar-refractivity contribution in [2.45, 2.75) is 33.6 Å². The van der Waals surface area contributed by atoms with Crippen LogP contribution in [-0.2, 0) is 11.8 Å². The highest BCUT2D eigenvalue weighted by atomic mass is 16.2. The minimum Gasteiger partial charge on any atom is -0.325 e. The van der Waals surface area contributed by atoms with Crippen LogP contribution < -0.4 is 5.32 Å². The fourth-order valence-corrected chi connectivity index (χ4v) is 3.00. The SMILES string of the molecule is Cc1ccc(C)c(C(=O)CCC(=O)Nc2cnc3c(c2)c(C)nn3C)c1. The number of anilines is 1. The predicted octanol–water partition coefficient (Wildman–Crippen LogP) is 3.50. The third-order valence-electron chi connectivity index (χ3n) is 4.42. The van der Waals surface area contributed by atoms with Gasteiger partial charge >= 0.3 is 0 Å². The molecule has 2 aromatic heterocycles. The van der Waals surface area contributed by atoms with E-state index in [0.717, 1.165) is 27.9 Å². The molecule has 0 atom stereocenters. The molecule has 0 radical (unpaired) electrons. The molecule has 0 unspecified atom stereocenters. The van der Waals surface area contributed by atoms with Crippen LogP contribution in [0.4, 0.5) is 5.69 Å². The number of carbonyl (C=O) groups is 2. The fraction of sp³-hybridized carbons (Fsp3) is 0.300. The van der Waals surface area contributed by atoms with E-state index in [-0.39, 0.29) is 24.5 Å². The molecular weight excluding hydrogens is 328 g/mol. The van der Waals surface area contributed by atoms with E-state index in [9.17, 15) is 9.59 Å². The molecule has 0 fully saturated rings. The van der Waals surface area contributed by atoms with Crippen LogP contribution in [0.25, 0.3) is 11.0 Å². The first kappa shape index (κ1) is 17.8. The number of aromatic nitrogens is 3. The van der Waals surface area contributed by atoms with Crippen molar-refractivity contribution in [2.75, 3.05) is 5.32 Å². The first-order valence-corrected chi connectivity index (χ1v) is 8.55. The topological polar surface area (TPSA) is 76.9 Å². The maximum atomic E-state index is 12.4. The molecule has 3 aromatic rings. The maximum Gasteiger partial charge on any atom is 0.224 e. The average molecular weight is 350 g/mol. The molecule has 1 amide bonds. The van der Waals surface area contributed by atoms with E-state index in [4.69, 9.17) is 0 Å². The summed E-state index contributed by atoms with van der Waals surface area (Å²) in [6, 6.07) is 7.63. The molecule has 6 nitrogen and oxygen atoms in total. The van der Waals surface area contributed by atoms with E-state index in [1.165, 1.54) is 0 Å². The second-order valence-electron chi connectivity index (χ2n) is 6.59. The van der Waals surface area contributed by atoms with Gasteiger partial charge in [-0.2, -0.15) is 5.10 Å². The molecule has 0 saturated carbocycles. The van der Waals surface area contributed by atoms with E-state index in [2.05, 4.69) is 15.4 Å². The number of carbonyl (C=O) groups excluding carboxylic acids is 2. The number of benzene rings is 1. The number of aryl methyl sites for hydroxylation is 4. The zero-order valence-electron chi connectivity index (χ0n) is 15.5. The summed E-state index contributed by atoms with van der Waals surface area (Å²) >= 11 is 0. The minimum atomic E-state index is -0.202. The number of ketones is 1. The Morgan fingerprint density at radius 3 is 2.65 bits per heavy atom. The highest BCUT2D eigenvalue weighted by Crippen LogP contribution is 2.20. The Morgan fingerprint density at radius 1 is 1.12 bits per heavy atom. The summed E-state index contributed by atoms with van der Waals surface area (Å²) in [5.74, 6) is -0.218. The lowest BCUT2D eigenvalue weighted by Gasteiger charge is -2.07. The molecule has 3 rings (SSSR count). The lowest BCUT2D eigenvalue weighted by molar-refractivity contribution is -0.116. The van der Waals surface area contributed by atoms with Crippen molar-refractivity contribution in [3.63, 3.8) is 0 Å². The van der Waals surface area contributed by atoms with Crippen LogP contribution in [0.1, 0.15) is 40.0 Å². The third kappa shape index (κ3) is 3.64. The lowest BCUT2D eigenvalue weighted by Crippen LogP contribution is -2.14. The number of hydrogen-bond acceptors (Lipinski definition) is 4. The van der Waals surface area contributed by atoms with Crippen LogP contribution in [0, 0.1) is 20.8 Å². The number of hydrogen-bond donors (Lipinski definition) is 1. The lowest BCUT2D eigenvalue weighted by atomic mass is 9.99. The highest BCUT2D eigenvalue weighted by molar-refractivity contribution is 6.01. The molecule has 1 aromatic carbocycles. The second-order valence-corrected chi connectivity index (χ2v) is 6.59. The third-order valence-corrected chi connectivity index (χ3v) is 4.42.